The van der Waals surface area contributed by atoms with Gasteiger partial charge in [-0.25, -0.2) is 4.79 Å². The first-order valence-corrected chi connectivity index (χ1v) is 18.0. The number of carboxylic acid groups (broad SMARTS) is 1. The van der Waals surface area contributed by atoms with E-state index in [1.165, 1.54) is 10.5 Å². The van der Waals surface area contributed by atoms with Crippen LogP contribution in [0.3, 0.4) is 0 Å². The highest BCUT2D eigenvalue weighted by Crippen LogP contribution is 2.34. The van der Waals surface area contributed by atoms with Crippen molar-refractivity contribution in [1.82, 2.24) is 14.4 Å². The lowest BCUT2D eigenvalue weighted by molar-refractivity contribution is 0.0658. The summed E-state index contributed by atoms with van der Waals surface area (Å²) >= 11 is 0. The van der Waals surface area contributed by atoms with E-state index in [0.29, 0.717) is 46.8 Å². The molecule has 9 heteroatoms. The van der Waals surface area contributed by atoms with Crippen LogP contribution in [0, 0.1) is 6.92 Å². The maximum Gasteiger partial charge on any atom is 0.408 e. The fourth-order valence-electron chi connectivity index (χ4n) is 6.95. The number of anilines is 1. The normalized spacial score (nSPS) is 14.0. The standard InChI is InChI=1S/C44H48N4O5/c1-29-23-33-15-11-12-16-34(33)27-47(29)42(50)39-24-32(26-48(43(51)52)44(3,4)5)17-22-37(39)40-25-38(30(2)45(40)6)41(49)46(7)35-18-20-36(21-19-35)53-28-31-13-9-8-10-14-31/h8-22,24-25,29H,23,26-28H2,1-7H3,(H,51,52)/t29-/m1/s1. The average molecular weight is 713 g/mol. The highest BCUT2D eigenvalue weighted by Gasteiger charge is 2.32. The summed E-state index contributed by atoms with van der Waals surface area (Å²) in [6, 6.07) is 33.0. The van der Waals surface area contributed by atoms with Gasteiger partial charge in [-0.15, -0.1) is 0 Å². The van der Waals surface area contributed by atoms with Crippen molar-refractivity contribution in [2.75, 3.05) is 11.9 Å². The third-order valence-electron chi connectivity index (χ3n) is 10.3. The van der Waals surface area contributed by atoms with Gasteiger partial charge in [0.25, 0.3) is 11.8 Å². The lowest BCUT2D eigenvalue weighted by Gasteiger charge is -2.36. The predicted molar refractivity (Wildman–Crippen MR) is 208 cm³/mol. The van der Waals surface area contributed by atoms with Crippen LogP contribution in [0.4, 0.5) is 10.5 Å². The molecular weight excluding hydrogens is 665 g/mol. The van der Waals surface area contributed by atoms with Crippen LogP contribution in [0.5, 0.6) is 5.75 Å². The van der Waals surface area contributed by atoms with Gasteiger partial charge in [0, 0.05) is 67.0 Å². The molecule has 9 nitrogen and oxygen atoms in total. The van der Waals surface area contributed by atoms with E-state index in [9.17, 15) is 19.5 Å². The van der Waals surface area contributed by atoms with Gasteiger partial charge < -0.3 is 24.2 Å². The van der Waals surface area contributed by atoms with Crippen molar-refractivity contribution >= 4 is 23.6 Å². The minimum absolute atomic E-state index is 0.0462. The summed E-state index contributed by atoms with van der Waals surface area (Å²) in [6.45, 7) is 10.6. The van der Waals surface area contributed by atoms with Gasteiger partial charge in [-0.05, 0) is 99.7 Å². The van der Waals surface area contributed by atoms with Gasteiger partial charge in [0.1, 0.15) is 12.4 Å². The Morgan fingerprint density at radius 1 is 0.849 bits per heavy atom. The number of rotatable bonds is 9. The van der Waals surface area contributed by atoms with Gasteiger partial charge in [-0.3, -0.25) is 14.5 Å². The Bertz CT molecular complexity index is 2130. The molecule has 1 aliphatic heterocycles. The predicted octanol–water partition coefficient (Wildman–Crippen LogP) is 8.72. The molecule has 0 saturated heterocycles. The SMILES string of the molecule is Cc1c(C(=O)N(C)c2ccc(OCc3ccccc3)cc2)cc(-c2ccc(CN(C(=O)O)C(C)(C)C)cc2C(=O)N2Cc3ccccc3C[C@H]2C)n1C. The van der Waals surface area contributed by atoms with E-state index in [1.807, 2.05) is 135 Å². The molecule has 53 heavy (non-hydrogen) atoms. The van der Waals surface area contributed by atoms with Crippen molar-refractivity contribution in [3.8, 4) is 17.0 Å². The number of hydrogen-bond acceptors (Lipinski definition) is 4. The van der Waals surface area contributed by atoms with Crippen molar-refractivity contribution in [3.05, 3.63) is 142 Å². The van der Waals surface area contributed by atoms with E-state index in [0.717, 1.165) is 28.9 Å². The van der Waals surface area contributed by atoms with Gasteiger partial charge in [-0.2, -0.15) is 0 Å². The smallest absolute Gasteiger partial charge is 0.408 e. The molecule has 1 aromatic heterocycles. The van der Waals surface area contributed by atoms with Gasteiger partial charge in [0.15, 0.2) is 0 Å². The van der Waals surface area contributed by atoms with E-state index < -0.39 is 11.6 Å². The highest BCUT2D eigenvalue weighted by atomic mass is 16.5. The highest BCUT2D eigenvalue weighted by molar-refractivity contribution is 6.08. The summed E-state index contributed by atoms with van der Waals surface area (Å²) in [4.78, 5) is 45.9. The largest absolute Gasteiger partial charge is 0.489 e. The van der Waals surface area contributed by atoms with Gasteiger partial charge in [-0.1, -0.05) is 66.7 Å². The van der Waals surface area contributed by atoms with Crippen LogP contribution >= 0.6 is 0 Å². The fraction of sp³-hybridized carbons (Fsp3) is 0.295. The zero-order valence-corrected chi connectivity index (χ0v) is 31.6. The minimum atomic E-state index is -1.03. The summed E-state index contributed by atoms with van der Waals surface area (Å²) < 4.78 is 7.89. The summed E-state index contributed by atoms with van der Waals surface area (Å²) in [5, 5.41) is 10.0. The van der Waals surface area contributed by atoms with Crippen LogP contribution in [0.1, 0.15) is 76.4 Å². The lowest BCUT2D eigenvalue weighted by Crippen LogP contribution is -2.44. The number of benzene rings is 4. The molecule has 4 aromatic carbocycles. The Kier molecular flexibility index (Phi) is 10.5. The van der Waals surface area contributed by atoms with E-state index in [4.69, 9.17) is 4.74 Å². The molecule has 0 spiro atoms. The van der Waals surface area contributed by atoms with Crippen LogP contribution in [0.25, 0.3) is 11.3 Å². The van der Waals surface area contributed by atoms with E-state index in [-0.39, 0.29) is 24.4 Å². The van der Waals surface area contributed by atoms with Crippen molar-refractivity contribution in [3.63, 3.8) is 0 Å². The summed E-state index contributed by atoms with van der Waals surface area (Å²) in [5.41, 5.74) is 7.33. The second-order valence-corrected chi connectivity index (χ2v) is 14.9. The summed E-state index contributed by atoms with van der Waals surface area (Å²) in [6.07, 6.45) is -0.294. The first-order chi connectivity index (χ1) is 25.2. The first-order valence-electron chi connectivity index (χ1n) is 18.0. The molecule has 0 unspecified atom stereocenters. The molecule has 2 heterocycles. The van der Waals surface area contributed by atoms with E-state index in [1.54, 1.807) is 11.9 Å². The fourth-order valence-corrected chi connectivity index (χ4v) is 6.95. The molecule has 5 aromatic rings. The van der Waals surface area contributed by atoms with Crippen LogP contribution in [-0.2, 0) is 33.2 Å². The van der Waals surface area contributed by atoms with Crippen LogP contribution in [0.2, 0.25) is 0 Å². The van der Waals surface area contributed by atoms with Crippen LogP contribution in [0.15, 0.2) is 103 Å². The molecular formula is C44H48N4O5. The molecule has 0 fully saturated rings. The number of fused-ring (bicyclic) bond motifs is 1. The Balaban J connectivity index is 1.32. The van der Waals surface area contributed by atoms with Gasteiger partial charge in [0.05, 0.1) is 5.56 Å². The zero-order chi connectivity index (χ0) is 38.0. The molecule has 6 rings (SSSR count). The van der Waals surface area contributed by atoms with E-state index in [2.05, 4.69) is 19.1 Å². The Labute approximate surface area is 312 Å². The van der Waals surface area contributed by atoms with Crippen LogP contribution in [-0.4, -0.2) is 56.0 Å². The Hall–Kier alpha value is -5.83. The molecule has 1 N–H and O–H groups in total. The molecule has 0 saturated carbocycles. The second-order valence-electron chi connectivity index (χ2n) is 14.9. The third-order valence-corrected chi connectivity index (χ3v) is 10.3. The quantitative estimate of drug-likeness (QED) is 0.165. The molecule has 0 bridgehead atoms. The van der Waals surface area contributed by atoms with Crippen molar-refractivity contribution in [2.24, 2.45) is 7.05 Å². The molecule has 0 aliphatic carbocycles. The van der Waals surface area contributed by atoms with Crippen molar-refractivity contribution < 1.29 is 24.2 Å². The van der Waals surface area contributed by atoms with Gasteiger partial charge in [0.2, 0.25) is 0 Å². The van der Waals surface area contributed by atoms with E-state index >= 15 is 0 Å². The third kappa shape index (κ3) is 7.84. The molecule has 274 valence electrons. The molecule has 3 amide bonds. The maximum absolute atomic E-state index is 14.7. The number of carbonyl (C=O) groups excluding carboxylic acids is 2. The summed E-state index contributed by atoms with van der Waals surface area (Å²) in [5.74, 6) is 0.382. The number of nitrogens with zero attached hydrogens (tertiary/aromatic N) is 4. The number of amides is 3. The molecule has 1 atom stereocenters. The lowest BCUT2D eigenvalue weighted by atomic mass is 9.92. The second kappa shape index (κ2) is 15.0. The topological polar surface area (TPSA) is 95.3 Å². The van der Waals surface area contributed by atoms with Crippen molar-refractivity contribution in [2.45, 2.75) is 72.3 Å². The Morgan fingerprint density at radius 3 is 2.17 bits per heavy atom. The number of hydrogen-bond donors (Lipinski definition) is 1. The van der Waals surface area contributed by atoms with Crippen LogP contribution < -0.4 is 9.64 Å². The van der Waals surface area contributed by atoms with Crippen molar-refractivity contribution in [1.29, 1.82) is 0 Å². The van der Waals surface area contributed by atoms with Gasteiger partial charge >= 0.3 is 6.09 Å². The maximum atomic E-state index is 14.7. The minimum Gasteiger partial charge on any atom is -0.489 e. The Morgan fingerprint density at radius 2 is 1.51 bits per heavy atom. The first kappa shape index (κ1) is 36.9. The number of aromatic nitrogens is 1. The number of carbonyl (C=O) groups is 3. The monoisotopic (exact) mass is 712 g/mol. The molecule has 1 aliphatic rings. The number of ether oxygens (including phenoxy) is 1. The average Bonchev–Trinajstić information content (AvgIpc) is 3.44. The molecule has 0 radical (unpaired) electrons. The zero-order valence-electron chi connectivity index (χ0n) is 31.6. The summed E-state index contributed by atoms with van der Waals surface area (Å²) in [7, 11) is 3.64.